The third-order valence-electron chi connectivity index (χ3n) is 5.53. The zero-order chi connectivity index (χ0) is 24.7. The topological polar surface area (TPSA) is 66.5 Å². The SMILES string of the molecule is O=C(NCCc1ccc(Cl)cc1)c1ccccc1N(Cc1ccccc1)S(=O)(=O)c1ccccc1. The van der Waals surface area contributed by atoms with Crippen molar-refractivity contribution in [2.45, 2.75) is 17.9 Å². The molecule has 0 aliphatic heterocycles. The summed E-state index contributed by atoms with van der Waals surface area (Å²) < 4.78 is 28.7. The smallest absolute Gasteiger partial charge is 0.264 e. The Bertz CT molecular complexity index is 1380. The molecule has 0 bridgehead atoms. The molecule has 0 atom stereocenters. The highest BCUT2D eigenvalue weighted by atomic mass is 35.5. The van der Waals surface area contributed by atoms with Gasteiger partial charge < -0.3 is 5.32 Å². The summed E-state index contributed by atoms with van der Waals surface area (Å²) in [6.07, 6.45) is 0.626. The number of nitrogens with zero attached hydrogens (tertiary/aromatic N) is 1. The summed E-state index contributed by atoms with van der Waals surface area (Å²) in [4.78, 5) is 13.3. The van der Waals surface area contributed by atoms with Crippen LogP contribution in [0.5, 0.6) is 0 Å². The van der Waals surface area contributed by atoms with Crippen LogP contribution in [0, 0.1) is 0 Å². The maximum atomic E-state index is 13.7. The Balaban J connectivity index is 1.63. The van der Waals surface area contributed by atoms with E-state index in [2.05, 4.69) is 5.32 Å². The monoisotopic (exact) mass is 504 g/mol. The number of halogens is 1. The van der Waals surface area contributed by atoms with Crippen LogP contribution >= 0.6 is 11.6 Å². The lowest BCUT2D eigenvalue weighted by molar-refractivity contribution is 0.0955. The number of nitrogens with one attached hydrogen (secondary N) is 1. The van der Waals surface area contributed by atoms with Crippen molar-refractivity contribution in [1.29, 1.82) is 0 Å². The summed E-state index contributed by atoms with van der Waals surface area (Å²) >= 11 is 5.94. The van der Waals surface area contributed by atoms with E-state index in [9.17, 15) is 13.2 Å². The lowest BCUT2D eigenvalue weighted by atomic mass is 10.1. The fourth-order valence-electron chi connectivity index (χ4n) is 3.72. The molecule has 0 fully saturated rings. The second kappa shape index (κ2) is 11.2. The molecule has 0 heterocycles. The molecule has 0 saturated heterocycles. The molecule has 1 amide bonds. The van der Waals surface area contributed by atoms with Crippen molar-refractivity contribution in [3.63, 3.8) is 0 Å². The highest BCUT2D eigenvalue weighted by molar-refractivity contribution is 7.92. The van der Waals surface area contributed by atoms with E-state index in [1.165, 1.54) is 4.31 Å². The highest BCUT2D eigenvalue weighted by Crippen LogP contribution is 2.29. The first kappa shape index (κ1) is 24.5. The number of benzene rings is 4. The van der Waals surface area contributed by atoms with E-state index >= 15 is 0 Å². The Morgan fingerprint density at radius 1 is 0.743 bits per heavy atom. The van der Waals surface area contributed by atoms with Crippen LogP contribution in [-0.2, 0) is 23.0 Å². The van der Waals surface area contributed by atoms with Crippen LogP contribution in [0.3, 0.4) is 0 Å². The van der Waals surface area contributed by atoms with Gasteiger partial charge in [-0.05, 0) is 53.9 Å². The molecule has 5 nitrogen and oxygen atoms in total. The Labute approximate surface area is 211 Å². The molecule has 4 aromatic carbocycles. The standard InChI is InChI=1S/C28H25ClN2O3S/c29-24-17-15-22(16-18-24)19-20-30-28(32)26-13-7-8-14-27(26)31(21-23-9-3-1-4-10-23)35(33,34)25-11-5-2-6-12-25/h1-18H,19-21H2,(H,30,32). The van der Waals surface area contributed by atoms with E-state index in [1.54, 1.807) is 54.6 Å². The van der Waals surface area contributed by atoms with E-state index in [1.807, 2.05) is 54.6 Å². The number of sulfonamides is 1. The summed E-state index contributed by atoms with van der Waals surface area (Å²) in [5.74, 6) is -0.337. The fourth-order valence-corrected chi connectivity index (χ4v) is 5.34. The van der Waals surface area contributed by atoms with Crippen molar-refractivity contribution in [3.8, 4) is 0 Å². The number of hydrogen-bond acceptors (Lipinski definition) is 3. The summed E-state index contributed by atoms with van der Waals surface area (Å²) in [6, 6.07) is 31.8. The van der Waals surface area contributed by atoms with Gasteiger partial charge in [0.1, 0.15) is 0 Å². The number of anilines is 1. The highest BCUT2D eigenvalue weighted by Gasteiger charge is 2.28. The van der Waals surface area contributed by atoms with Crippen molar-refractivity contribution in [2.75, 3.05) is 10.8 Å². The molecule has 35 heavy (non-hydrogen) atoms. The fraction of sp³-hybridized carbons (Fsp3) is 0.107. The molecule has 0 unspecified atom stereocenters. The normalized spacial score (nSPS) is 11.1. The van der Waals surface area contributed by atoms with Gasteiger partial charge >= 0.3 is 0 Å². The molecule has 4 aromatic rings. The first-order valence-corrected chi connectivity index (χ1v) is 13.0. The molecular formula is C28H25ClN2O3S. The molecule has 7 heteroatoms. The number of amides is 1. The van der Waals surface area contributed by atoms with Gasteiger partial charge in [0.2, 0.25) is 0 Å². The molecule has 0 aliphatic carbocycles. The predicted octanol–water partition coefficient (Wildman–Crippen LogP) is 5.71. The lowest BCUT2D eigenvalue weighted by Crippen LogP contribution is -2.34. The summed E-state index contributed by atoms with van der Waals surface area (Å²) in [5, 5.41) is 3.58. The number of hydrogen-bond donors (Lipinski definition) is 1. The molecule has 0 aliphatic rings. The minimum absolute atomic E-state index is 0.0904. The number of carbonyl (C=O) groups excluding carboxylic acids is 1. The van der Waals surface area contributed by atoms with Crippen LogP contribution in [0.2, 0.25) is 5.02 Å². The summed E-state index contributed by atoms with van der Waals surface area (Å²) in [6.45, 7) is 0.492. The van der Waals surface area contributed by atoms with Crippen LogP contribution in [0.1, 0.15) is 21.5 Å². The van der Waals surface area contributed by atoms with Crippen LogP contribution in [0.15, 0.2) is 114 Å². The minimum atomic E-state index is -3.94. The number of carbonyl (C=O) groups is 1. The third-order valence-corrected chi connectivity index (χ3v) is 7.56. The maximum Gasteiger partial charge on any atom is 0.264 e. The van der Waals surface area contributed by atoms with Crippen LogP contribution in [0.4, 0.5) is 5.69 Å². The van der Waals surface area contributed by atoms with Crippen molar-refractivity contribution in [3.05, 3.63) is 131 Å². The molecule has 178 valence electrons. The van der Waals surface area contributed by atoms with E-state index in [0.717, 1.165) is 11.1 Å². The average molecular weight is 505 g/mol. The quantitative estimate of drug-likeness (QED) is 0.317. The first-order valence-electron chi connectivity index (χ1n) is 11.2. The van der Waals surface area contributed by atoms with Crippen molar-refractivity contribution < 1.29 is 13.2 Å². The number of para-hydroxylation sites is 1. The van der Waals surface area contributed by atoms with Crippen molar-refractivity contribution in [2.24, 2.45) is 0 Å². The molecular weight excluding hydrogens is 480 g/mol. The Hall–Kier alpha value is -3.61. The molecule has 0 spiro atoms. The Morgan fingerprint density at radius 3 is 2.03 bits per heavy atom. The summed E-state index contributed by atoms with van der Waals surface area (Å²) in [7, 11) is -3.94. The van der Waals surface area contributed by atoms with Crippen molar-refractivity contribution >= 4 is 33.2 Å². The predicted molar refractivity (Wildman–Crippen MR) is 140 cm³/mol. The third kappa shape index (κ3) is 6.10. The Morgan fingerprint density at radius 2 is 1.34 bits per heavy atom. The van der Waals surface area contributed by atoms with Gasteiger partial charge in [-0.3, -0.25) is 9.10 Å². The van der Waals surface area contributed by atoms with Gasteiger partial charge in [-0.1, -0.05) is 84.4 Å². The van der Waals surface area contributed by atoms with Crippen LogP contribution < -0.4 is 9.62 Å². The Kier molecular flexibility index (Phi) is 7.85. The van der Waals surface area contributed by atoms with E-state index in [0.29, 0.717) is 29.2 Å². The van der Waals surface area contributed by atoms with Crippen LogP contribution in [0.25, 0.3) is 0 Å². The first-order chi connectivity index (χ1) is 16.9. The second-order valence-corrected chi connectivity index (χ2v) is 10.3. The van der Waals surface area contributed by atoms with E-state index < -0.39 is 10.0 Å². The molecule has 0 saturated carbocycles. The second-order valence-electron chi connectivity index (χ2n) is 7.96. The van der Waals surface area contributed by atoms with Gasteiger partial charge in [-0.25, -0.2) is 8.42 Å². The molecule has 0 aromatic heterocycles. The zero-order valence-corrected chi connectivity index (χ0v) is 20.5. The van der Waals surface area contributed by atoms with E-state index in [-0.39, 0.29) is 17.3 Å². The average Bonchev–Trinajstić information content (AvgIpc) is 2.89. The lowest BCUT2D eigenvalue weighted by Gasteiger charge is -2.26. The van der Waals surface area contributed by atoms with Crippen LogP contribution in [-0.4, -0.2) is 20.9 Å². The van der Waals surface area contributed by atoms with Gasteiger partial charge in [0, 0.05) is 11.6 Å². The van der Waals surface area contributed by atoms with E-state index in [4.69, 9.17) is 11.6 Å². The van der Waals surface area contributed by atoms with Gasteiger partial charge in [-0.2, -0.15) is 0 Å². The van der Waals surface area contributed by atoms with Gasteiger partial charge in [0.25, 0.3) is 15.9 Å². The van der Waals surface area contributed by atoms with Crippen molar-refractivity contribution in [1.82, 2.24) is 5.32 Å². The molecule has 4 rings (SSSR count). The van der Waals surface area contributed by atoms with Gasteiger partial charge in [0.15, 0.2) is 0 Å². The maximum absolute atomic E-state index is 13.7. The molecule has 0 radical (unpaired) electrons. The van der Waals surface area contributed by atoms with Gasteiger partial charge in [-0.15, -0.1) is 0 Å². The molecule has 1 N–H and O–H groups in total. The minimum Gasteiger partial charge on any atom is -0.352 e. The summed E-state index contributed by atoms with van der Waals surface area (Å²) in [5.41, 5.74) is 2.47. The largest absolute Gasteiger partial charge is 0.352 e. The zero-order valence-electron chi connectivity index (χ0n) is 19.0. The number of rotatable bonds is 9. The van der Waals surface area contributed by atoms with Gasteiger partial charge in [0.05, 0.1) is 22.7 Å².